The number of hydrogen-bond acceptors (Lipinski definition) is 19. The van der Waals surface area contributed by atoms with Gasteiger partial charge in [0.2, 0.25) is 59.1 Å². The summed E-state index contributed by atoms with van der Waals surface area (Å²) in [5.41, 5.74) is 9.71. The van der Waals surface area contributed by atoms with Crippen molar-refractivity contribution in [2.45, 2.75) is 197 Å². The average Bonchev–Trinajstić information content (AvgIpc) is 1.74. The molecule has 25 nitrogen and oxygen atoms in total. The zero-order chi connectivity index (χ0) is 72.1. The van der Waals surface area contributed by atoms with E-state index in [0.29, 0.717) is 56.1 Å². The lowest BCUT2D eigenvalue weighted by molar-refractivity contribution is -0.138. The van der Waals surface area contributed by atoms with Crippen LogP contribution in [0.2, 0.25) is 0 Å². The Morgan fingerprint density at radius 3 is 2.02 bits per heavy atom. The number of likely N-dealkylation sites (tertiary alicyclic amines) is 1. The van der Waals surface area contributed by atoms with E-state index in [2.05, 4.69) is 42.5 Å². The van der Waals surface area contributed by atoms with E-state index in [4.69, 9.17) is 5.73 Å². The predicted molar refractivity (Wildman–Crippen MR) is 381 cm³/mol. The third-order valence-corrected chi connectivity index (χ3v) is 21.2. The number of benzene rings is 3. The van der Waals surface area contributed by atoms with Crippen LogP contribution in [0.5, 0.6) is 0 Å². The van der Waals surface area contributed by atoms with Crippen molar-refractivity contribution in [3.05, 3.63) is 113 Å². The molecular weight excluding hydrogens is 1330 g/mol. The fraction of sp³-hybridized carbons (Fsp3) is 0.549. The van der Waals surface area contributed by atoms with E-state index in [9.17, 15) is 63.3 Å². The van der Waals surface area contributed by atoms with Crippen LogP contribution in [0.1, 0.15) is 134 Å². The predicted octanol–water partition coefficient (Wildman–Crippen LogP) is 2.68. The van der Waals surface area contributed by atoms with Crippen molar-refractivity contribution in [2.75, 3.05) is 37.0 Å². The minimum absolute atomic E-state index is 0.00708. The van der Waals surface area contributed by atoms with Gasteiger partial charge < -0.3 is 63.6 Å². The van der Waals surface area contributed by atoms with Crippen LogP contribution in [0.15, 0.2) is 91.0 Å². The van der Waals surface area contributed by atoms with Crippen molar-refractivity contribution in [3.8, 4) is 0 Å². The average molecular weight is 1430 g/mol. The van der Waals surface area contributed by atoms with Gasteiger partial charge in [-0.25, -0.2) is 0 Å². The zero-order valence-electron chi connectivity index (χ0n) is 57.0. The van der Waals surface area contributed by atoms with Gasteiger partial charge in [-0.3, -0.25) is 62.4 Å². The second kappa shape index (κ2) is 41.3. The highest BCUT2D eigenvalue weighted by Crippen LogP contribution is 2.32. The number of ketones is 2. The topological polar surface area (TPSA) is 391 Å². The first-order valence-electron chi connectivity index (χ1n) is 34.1. The number of carbonyl (C=O) groups is 12. The van der Waals surface area contributed by atoms with Gasteiger partial charge in [-0.15, -0.1) is 11.8 Å². The Labute approximate surface area is 591 Å². The molecule has 2 heterocycles. The molecule has 1 aliphatic carbocycles. The number of allylic oxidation sites excluding steroid dienone is 1. The Morgan fingerprint density at radius 2 is 1.35 bits per heavy atom. The van der Waals surface area contributed by atoms with Gasteiger partial charge in [0, 0.05) is 74.7 Å². The summed E-state index contributed by atoms with van der Waals surface area (Å²) < 4.78 is 0. The van der Waals surface area contributed by atoms with Crippen LogP contribution in [0.25, 0.3) is 5.57 Å². The number of fused-ring (bicyclic) bond motifs is 1. The number of amides is 10. The van der Waals surface area contributed by atoms with E-state index in [1.807, 2.05) is 44.2 Å². The monoisotopic (exact) mass is 1430 g/mol. The molecule has 99 heavy (non-hydrogen) atoms. The molecule has 1 unspecified atom stereocenters. The summed E-state index contributed by atoms with van der Waals surface area (Å²) in [4.78, 5) is 170. The van der Waals surface area contributed by atoms with Crippen molar-refractivity contribution >= 4 is 110 Å². The van der Waals surface area contributed by atoms with Crippen LogP contribution in [0.4, 0.5) is 0 Å². The van der Waals surface area contributed by atoms with Crippen molar-refractivity contribution in [1.29, 1.82) is 0 Å². The van der Waals surface area contributed by atoms with Gasteiger partial charge in [-0.05, 0) is 99.1 Å². The molecule has 0 saturated carbocycles. The van der Waals surface area contributed by atoms with Gasteiger partial charge >= 0.3 is 0 Å². The summed E-state index contributed by atoms with van der Waals surface area (Å²) in [6, 6.07) is 14.8. The van der Waals surface area contributed by atoms with E-state index in [-0.39, 0.29) is 98.8 Å². The molecule has 13 N–H and O–H groups in total. The maximum atomic E-state index is 15.3. The first kappa shape index (κ1) is 80.5. The van der Waals surface area contributed by atoms with Crippen LogP contribution >= 0.6 is 33.3 Å². The number of Topliss-reactive ketones (excluding diaryl/α,β-unsaturated/α-hetero) is 2. The molecular formula is C71H98N10O15S3. The number of imide groups is 1. The summed E-state index contributed by atoms with van der Waals surface area (Å²) in [7, 11) is 1.99. The van der Waals surface area contributed by atoms with Gasteiger partial charge in [0.1, 0.15) is 30.2 Å². The smallest absolute Gasteiger partial charge is 0.245 e. The molecule has 540 valence electrons. The van der Waals surface area contributed by atoms with Crippen molar-refractivity contribution in [2.24, 2.45) is 17.6 Å². The maximum absolute atomic E-state index is 15.3. The summed E-state index contributed by atoms with van der Waals surface area (Å²) in [6.07, 6.45) is 1.53. The molecule has 12 atom stereocenters. The molecule has 6 rings (SSSR count). The van der Waals surface area contributed by atoms with Gasteiger partial charge in [0.05, 0.1) is 42.2 Å². The third kappa shape index (κ3) is 25.6. The Kier molecular flexibility index (Phi) is 33.6. The maximum Gasteiger partial charge on any atom is 0.245 e. The highest BCUT2D eigenvalue weighted by Gasteiger charge is 2.40. The summed E-state index contributed by atoms with van der Waals surface area (Å²) >= 11 is 1.13. The standard InChI is InChI=1S/C71H98N10O15S3/c1-6-57(85)63(42(2)3)79-60(87)27-14-9-19-32-81-62(89)38-59(71(81)96)97-33-30-61(88)73-52(35-46-22-12-8-13-23-46)67(92)77-55-40-98-99-41-56(69(94)76-54(39-82)43(4)83)78-70(95)64(44(5)84)80-66(91)51(26-17-18-31-72)74-68(93)53(36-48-29-28-47-24-15-16-25-50(47)48)75-65(90)49(37-58(55)86)34-45-20-10-7-11-21-45/h7-8,10-13,15-16,20-25,29,42-44,49,51-56,59,63-64,82-84H,6,9,14,17-19,26-28,30-41,72H2,1-5H3,(H,73,88)(H,74,93)(H,75,90)(H,76,94)(H,77,92)(H,78,95)(H,79,87)(H,80,91)/t43-,44-,49-,51+,52-,53-,54-,55+,56+,59?,63+,64+/m1/s1. The number of aliphatic hydroxyl groups excluding tert-OH is 3. The molecule has 2 fully saturated rings. The number of carbonyl (C=O) groups excluding carboxylic acids is 12. The van der Waals surface area contributed by atoms with E-state index >= 15 is 9.59 Å². The van der Waals surface area contributed by atoms with Crippen molar-refractivity contribution < 1.29 is 72.9 Å². The highest BCUT2D eigenvalue weighted by atomic mass is 33.1. The Bertz CT molecular complexity index is 3290. The second-order valence-electron chi connectivity index (χ2n) is 25.6. The largest absolute Gasteiger partial charge is 0.394 e. The number of unbranched alkanes of at least 4 members (excludes halogenated alkanes) is 3. The highest BCUT2D eigenvalue weighted by molar-refractivity contribution is 8.76. The summed E-state index contributed by atoms with van der Waals surface area (Å²) in [6.45, 7) is 7.76. The van der Waals surface area contributed by atoms with E-state index < -0.39 is 138 Å². The summed E-state index contributed by atoms with van der Waals surface area (Å²) in [5, 5.41) is 52.7. The zero-order valence-corrected chi connectivity index (χ0v) is 59.5. The van der Waals surface area contributed by atoms with E-state index in [1.54, 1.807) is 67.6 Å². The van der Waals surface area contributed by atoms with Gasteiger partial charge in [0.15, 0.2) is 11.6 Å². The molecule has 3 aliphatic rings. The van der Waals surface area contributed by atoms with Crippen LogP contribution in [0.3, 0.4) is 0 Å². The van der Waals surface area contributed by atoms with Crippen LogP contribution < -0.4 is 48.3 Å². The molecule has 0 aromatic heterocycles. The summed E-state index contributed by atoms with van der Waals surface area (Å²) in [5.74, 6) is -8.96. The molecule has 2 aliphatic heterocycles. The van der Waals surface area contributed by atoms with Gasteiger partial charge in [0.25, 0.3) is 0 Å². The number of nitrogens with two attached hydrogens (primary N) is 1. The molecule has 3 aromatic carbocycles. The van der Waals surface area contributed by atoms with Crippen LogP contribution in [-0.2, 0) is 76.8 Å². The number of nitrogens with one attached hydrogen (secondary N) is 8. The van der Waals surface area contributed by atoms with E-state index in [1.165, 1.54) is 18.7 Å². The lowest BCUT2D eigenvalue weighted by Crippen LogP contribution is -2.61. The molecule has 0 spiro atoms. The number of thioether (sulfide) groups is 1. The van der Waals surface area contributed by atoms with Crippen LogP contribution in [0, 0.1) is 11.8 Å². The van der Waals surface area contributed by atoms with Crippen molar-refractivity contribution in [1.82, 2.24) is 47.4 Å². The van der Waals surface area contributed by atoms with Crippen LogP contribution in [-0.4, -0.2) is 194 Å². The first-order valence-corrected chi connectivity index (χ1v) is 37.6. The lowest BCUT2D eigenvalue weighted by Gasteiger charge is -2.29. The molecule has 0 radical (unpaired) electrons. The third-order valence-electron chi connectivity index (χ3n) is 17.5. The quantitative estimate of drug-likeness (QED) is 0.0243. The molecule has 0 bridgehead atoms. The minimum atomic E-state index is -1.72. The Hall–Kier alpha value is -7.47. The van der Waals surface area contributed by atoms with Gasteiger partial charge in [-0.2, -0.15) is 0 Å². The SMILES string of the molecule is CCC(=O)[C@@H](NC(=O)CCCCCN1C(=O)CC(SCCC(=O)N[C@H](Cc2ccccc2)C(=O)N[C@H]2CSSC[C@@H](C(=O)N[C@H](CO)[C@@H](C)O)NC(=O)[C@H]([C@@H](C)O)NC(=O)[C@H](CCCCN)NC(=O)[C@@H](CC3=CCc4ccccc43)NC(=O)[C@H](Cc3ccccc3)CC2=O)C1=O)C(C)C. The minimum Gasteiger partial charge on any atom is -0.394 e. The number of nitrogens with zero attached hydrogens (tertiary/aromatic N) is 1. The van der Waals surface area contributed by atoms with Gasteiger partial charge in [-0.1, -0.05) is 140 Å². The fourth-order valence-electron chi connectivity index (χ4n) is 11.7. The number of rotatable bonds is 32. The fourth-order valence-corrected chi connectivity index (χ4v) is 15.2. The van der Waals surface area contributed by atoms with Crippen molar-refractivity contribution in [3.63, 3.8) is 0 Å². The molecule has 10 amide bonds. The molecule has 3 aromatic rings. The second-order valence-corrected chi connectivity index (χ2v) is 29.5. The first-order chi connectivity index (χ1) is 47.4. The molecule has 28 heteroatoms. The lowest BCUT2D eigenvalue weighted by atomic mass is 9.90. The number of aliphatic hydroxyl groups is 3. The Balaban J connectivity index is 1.27. The Morgan fingerprint density at radius 1 is 0.697 bits per heavy atom. The number of hydrogen-bond donors (Lipinski definition) is 12. The molecule has 2 saturated heterocycles. The van der Waals surface area contributed by atoms with E-state index in [0.717, 1.165) is 50.0 Å². The normalized spacial score (nSPS) is 22.1.